The summed E-state index contributed by atoms with van der Waals surface area (Å²) >= 11 is 5.90. The van der Waals surface area contributed by atoms with E-state index in [9.17, 15) is 5.26 Å². The fourth-order valence-electron chi connectivity index (χ4n) is 2.13. The summed E-state index contributed by atoms with van der Waals surface area (Å²) in [5.74, 6) is 0. The van der Waals surface area contributed by atoms with Gasteiger partial charge in [-0.25, -0.2) is 0 Å². The Morgan fingerprint density at radius 2 is 2.38 bits per heavy atom. The van der Waals surface area contributed by atoms with Gasteiger partial charge in [0, 0.05) is 10.6 Å². The molecule has 0 saturated heterocycles. The molecule has 16 heavy (non-hydrogen) atoms. The van der Waals surface area contributed by atoms with E-state index in [2.05, 4.69) is 6.07 Å². The lowest BCUT2D eigenvalue weighted by atomic mass is 9.97. The van der Waals surface area contributed by atoms with Gasteiger partial charge in [0.15, 0.2) is 5.60 Å². The van der Waals surface area contributed by atoms with Gasteiger partial charge in [-0.2, -0.15) is 5.26 Å². The molecule has 0 bridgehead atoms. The lowest BCUT2D eigenvalue weighted by Gasteiger charge is -2.22. The first-order valence-electron chi connectivity index (χ1n) is 5.17. The molecule has 0 aromatic heterocycles. The quantitative estimate of drug-likeness (QED) is 0.875. The number of ether oxygens (including phenoxy) is 1. The fraction of sp³-hybridized carbons (Fsp3) is 0.417. The van der Waals surface area contributed by atoms with Crippen LogP contribution in [-0.4, -0.2) is 18.3 Å². The molecule has 0 aliphatic heterocycles. The molecule has 4 heteroatoms. The number of hydrogen-bond donors (Lipinski definition) is 1. The van der Waals surface area contributed by atoms with E-state index < -0.39 is 5.60 Å². The maximum absolute atomic E-state index is 9.27. The minimum Gasteiger partial charge on any atom is -0.394 e. The van der Waals surface area contributed by atoms with E-state index in [4.69, 9.17) is 21.4 Å². The third kappa shape index (κ3) is 1.80. The van der Waals surface area contributed by atoms with Crippen LogP contribution in [0.5, 0.6) is 0 Å². The molecule has 1 aromatic carbocycles. The first kappa shape index (κ1) is 11.4. The molecule has 2 rings (SSSR count). The molecule has 1 N–H and O–H groups in total. The molecule has 1 atom stereocenters. The molecule has 0 fully saturated rings. The largest absolute Gasteiger partial charge is 0.394 e. The summed E-state index contributed by atoms with van der Waals surface area (Å²) in [6.07, 6.45) is 1.41. The second-order valence-corrected chi connectivity index (χ2v) is 4.25. The Kier molecular flexibility index (Phi) is 3.15. The van der Waals surface area contributed by atoms with Crippen molar-refractivity contribution < 1.29 is 9.84 Å². The number of aliphatic hydroxyl groups excluding tert-OH is 1. The average Bonchev–Trinajstić information content (AvgIpc) is 2.65. The van der Waals surface area contributed by atoms with Crippen molar-refractivity contribution in [3.8, 4) is 6.07 Å². The topological polar surface area (TPSA) is 53.2 Å². The van der Waals surface area contributed by atoms with Crippen molar-refractivity contribution in [2.45, 2.75) is 18.4 Å². The van der Waals surface area contributed by atoms with Crippen molar-refractivity contribution >= 4 is 11.6 Å². The zero-order chi connectivity index (χ0) is 11.6. The summed E-state index contributed by atoms with van der Waals surface area (Å²) < 4.78 is 5.50. The van der Waals surface area contributed by atoms with Gasteiger partial charge in [-0.15, -0.1) is 0 Å². The van der Waals surface area contributed by atoms with E-state index in [1.165, 1.54) is 0 Å². The number of fused-ring (bicyclic) bond motifs is 1. The average molecular weight is 238 g/mol. The summed E-state index contributed by atoms with van der Waals surface area (Å²) in [4.78, 5) is 0. The molecule has 1 unspecified atom stereocenters. The van der Waals surface area contributed by atoms with Gasteiger partial charge in [-0.3, -0.25) is 0 Å². The van der Waals surface area contributed by atoms with E-state index in [0.29, 0.717) is 11.4 Å². The van der Waals surface area contributed by atoms with Gasteiger partial charge >= 0.3 is 0 Å². The Morgan fingerprint density at radius 1 is 1.56 bits per heavy atom. The molecule has 1 aromatic rings. The van der Waals surface area contributed by atoms with Crippen molar-refractivity contribution in [2.75, 3.05) is 13.2 Å². The first-order valence-corrected chi connectivity index (χ1v) is 5.54. The number of hydrogen-bond acceptors (Lipinski definition) is 3. The van der Waals surface area contributed by atoms with Crippen LogP contribution >= 0.6 is 11.6 Å². The van der Waals surface area contributed by atoms with Crippen LogP contribution in [0.15, 0.2) is 18.2 Å². The Bertz CT molecular complexity index is 441. The van der Waals surface area contributed by atoms with Crippen LogP contribution in [0, 0.1) is 11.3 Å². The normalized spacial score (nSPS) is 22.8. The second kappa shape index (κ2) is 4.42. The third-order valence-electron chi connectivity index (χ3n) is 2.87. The van der Waals surface area contributed by atoms with E-state index in [0.717, 1.165) is 17.5 Å². The highest BCUT2D eigenvalue weighted by Gasteiger charge is 2.40. The second-order valence-electron chi connectivity index (χ2n) is 3.81. The summed E-state index contributed by atoms with van der Waals surface area (Å²) in [6.45, 7) is 0.0992. The predicted molar refractivity (Wildman–Crippen MR) is 60.1 cm³/mol. The van der Waals surface area contributed by atoms with Crippen molar-refractivity contribution in [3.05, 3.63) is 34.3 Å². The minimum atomic E-state index is -0.900. The molecular formula is C12H12ClNO2. The van der Waals surface area contributed by atoms with Crippen LogP contribution in [0.2, 0.25) is 5.02 Å². The summed E-state index contributed by atoms with van der Waals surface area (Å²) in [5, 5.41) is 18.7. The Labute approximate surface area is 99.2 Å². The van der Waals surface area contributed by atoms with Crippen molar-refractivity contribution in [1.82, 2.24) is 0 Å². The Balaban J connectivity index is 2.36. The zero-order valence-electron chi connectivity index (χ0n) is 8.74. The molecule has 1 aliphatic carbocycles. The fourth-order valence-corrected chi connectivity index (χ4v) is 2.32. The van der Waals surface area contributed by atoms with Crippen LogP contribution in [0.25, 0.3) is 0 Å². The number of nitriles is 1. The lowest BCUT2D eigenvalue weighted by Crippen LogP contribution is -2.26. The van der Waals surface area contributed by atoms with Gasteiger partial charge in [0.2, 0.25) is 0 Å². The molecule has 0 spiro atoms. The monoisotopic (exact) mass is 237 g/mol. The van der Waals surface area contributed by atoms with E-state index in [1.807, 2.05) is 12.1 Å². The number of rotatable bonds is 3. The number of aliphatic hydroxyl groups is 1. The molecule has 1 aliphatic rings. The smallest absolute Gasteiger partial charge is 0.180 e. The van der Waals surface area contributed by atoms with Gasteiger partial charge in [-0.1, -0.05) is 17.7 Å². The molecule has 0 amide bonds. The summed E-state index contributed by atoms with van der Waals surface area (Å²) in [7, 11) is 0. The Morgan fingerprint density at radius 3 is 3.06 bits per heavy atom. The van der Waals surface area contributed by atoms with Gasteiger partial charge in [-0.05, 0) is 30.5 Å². The molecule has 84 valence electrons. The van der Waals surface area contributed by atoms with Crippen LogP contribution < -0.4 is 0 Å². The minimum absolute atomic E-state index is 0.0770. The number of benzene rings is 1. The summed E-state index contributed by atoms with van der Waals surface area (Å²) in [6, 6.07) is 7.69. The van der Waals surface area contributed by atoms with Crippen LogP contribution in [0.4, 0.5) is 0 Å². The lowest BCUT2D eigenvalue weighted by molar-refractivity contribution is -0.0218. The van der Waals surface area contributed by atoms with E-state index in [1.54, 1.807) is 6.07 Å². The van der Waals surface area contributed by atoms with Gasteiger partial charge in [0.05, 0.1) is 13.2 Å². The number of nitrogens with zero attached hydrogens (tertiary/aromatic N) is 1. The summed E-state index contributed by atoms with van der Waals surface area (Å²) in [5.41, 5.74) is 1.04. The van der Waals surface area contributed by atoms with Crippen molar-refractivity contribution in [3.63, 3.8) is 0 Å². The molecule has 0 saturated carbocycles. The van der Waals surface area contributed by atoms with E-state index >= 15 is 0 Å². The molecular weight excluding hydrogens is 226 g/mol. The van der Waals surface area contributed by atoms with Crippen LogP contribution in [0.1, 0.15) is 17.5 Å². The Hall–Kier alpha value is -1.08. The number of halogens is 1. The molecule has 0 heterocycles. The van der Waals surface area contributed by atoms with Crippen LogP contribution in [0.3, 0.4) is 0 Å². The highest BCUT2D eigenvalue weighted by molar-refractivity contribution is 6.30. The molecule has 3 nitrogen and oxygen atoms in total. The van der Waals surface area contributed by atoms with E-state index in [-0.39, 0.29) is 13.2 Å². The van der Waals surface area contributed by atoms with Gasteiger partial charge in [0.1, 0.15) is 6.07 Å². The number of aryl methyl sites for hydroxylation is 1. The highest BCUT2D eigenvalue weighted by Crippen LogP contribution is 2.40. The van der Waals surface area contributed by atoms with Crippen LogP contribution in [-0.2, 0) is 16.8 Å². The first-order chi connectivity index (χ1) is 7.72. The zero-order valence-corrected chi connectivity index (χ0v) is 9.50. The standard InChI is InChI=1S/C12H12ClNO2/c13-10-1-2-11-9(7-10)3-4-12(11,8-14)16-6-5-15/h1-2,7,15H,3-6H2. The highest BCUT2D eigenvalue weighted by atomic mass is 35.5. The van der Waals surface area contributed by atoms with Crippen molar-refractivity contribution in [2.24, 2.45) is 0 Å². The van der Waals surface area contributed by atoms with Gasteiger partial charge in [0.25, 0.3) is 0 Å². The SMILES string of the molecule is N#CC1(OCCO)CCc2cc(Cl)ccc21. The third-order valence-corrected chi connectivity index (χ3v) is 3.10. The van der Waals surface area contributed by atoms with Crippen molar-refractivity contribution in [1.29, 1.82) is 5.26 Å². The predicted octanol–water partition coefficient (Wildman–Crippen LogP) is 2.01. The maximum Gasteiger partial charge on any atom is 0.180 e. The molecule has 0 radical (unpaired) electrons. The maximum atomic E-state index is 9.27. The van der Waals surface area contributed by atoms with Gasteiger partial charge < -0.3 is 9.84 Å².